The average molecular weight is 261 g/mol. The van der Waals surface area contributed by atoms with Crippen LogP contribution in [0, 0.1) is 5.92 Å². The zero-order valence-electron chi connectivity index (χ0n) is 11.3. The number of amides is 1. The van der Waals surface area contributed by atoms with E-state index in [9.17, 15) is 9.90 Å². The van der Waals surface area contributed by atoms with Gasteiger partial charge in [-0.1, -0.05) is 6.92 Å². The van der Waals surface area contributed by atoms with Crippen molar-refractivity contribution in [3.05, 3.63) is 29.7 Å². The molecule has 2 aliphatic rings. The Hall–Kier alpha value is -1.55. The van der Waals surface area contributed by atoms with Gasteiger partial charge < -0.3 is 14.4 Å². The second-order valence-corrected chi connectivity index (χ2v) is 6.08. The highest BCUT2D eigenvalue weighted by atomic mass is 16.3. The highest BCUT2D eigenvalue weighted by Crippen LogP contribution is 2.47. The highest BCUT2D eigenvalue weighted by molar-refractivity contribution is 5.92. The molecule has 102 valence electrons. The van der Waals surface area contributed by atoms with Crippen LogP contribution < -0.4 is 0 Å². The Balaban J connectivity index is 1.57. The van der Waals surface area contributed by atoms with Gasteiger partial charge in [-0.2, -0.15) is 0 Å². The second kappa shape index (κ2) is 4.23. The molecule has 3 rings (SSSR count). The lowest BCUT2D eigenvalue weighted by molar-refractivity contribution is -0.146. The van der Waals surface area contributed by atoms with Gasteiger partial charge in [0.05, 0.1) is 18.7 Å². The van der Waals surface area contributed by atoms with Gasteiger partial charge in [-0.3, -0.25) is 4.79 Å². The van der Waals surface area contributed by atoms with Crippen LogP contribution in [0.5, 0.6) is 0 Å². The van der Waals surface area contributed by atoms with Crippen LogP contribution in [0.2, 0.25) is 0 Å². The van der Waals surface area contributed by atoms with Crippen molar-refractivity contribution in [2.24, 2.45) is 5.92 Å². The van der Waals surface area contributed by atoms with Gasteiger partial charge >= 0.3 is 0 Å². The predicted octanol–water partition coefficient (Wildman–Crippen LogP) is 2.01. The Morgan fingerprint density at radius 2 is 2.21 bits per heavy atom. The van der Waals surface area contributed by atoms with Crippen molar-refractivity contribution in [3.8, 4) is 0 Å². The van der Waals surface area contributed by atoms with E-state index in [1.54, 1.807) is 17.9 Å². The molecule has 0 aromatic carbocycles. The molecule has 2 unspecified atom stereocenters. The zero-order chi connectivity index (χ0) is 13.6. The maximum atomic E-state index is 11.8. The Kier molecular flexibility index (Phi) is 2.78. The SMILES string of the molecule is CC1CC1c1ccc(C=CC(=O)N2CC(C)(O)C2)o1. The number of nitrogens with zero attached hydrogens (tertiary/aromatic N) is 1. The van der Waals surface area contributed by atoms with Crippen LogP contribution in [0.15, 0.2) is 22.6 Å². The van der Waals surface area contributed by atoms with E-state index in [1.807, 2.05) is 12.1 Å². The van der Waals surface area contributed by atoms with Gasteiger partial charge in [0, 0.05) is 12.0 Å². The molecule has 1 saturated carbocycles. The zero-order valence-corrected chi connectivity index (χ0v) is 11.3. The van der Waals surface area contributed by atoms with E-state index in [0.717, 1.165) is 11.5 Å². The van der Waals surface area contributed by atoms with Crippen LogP contribution >= 0.6 is 0 Å². The van der Waals surface area contributed by atoms with E-state index in [0.29, 0.717) is 24.9 Å². The minimum Gasteiger partial charge on any atom is -0.461 e. The molecule has 1 saturated heterocycles. The van der Waals surface area contributed by atoms with Gasteiger partial charge in [0.15, 0.2) is 0 Å². The molecule has 0 radical (unpaired) electrons. The van der Waals surface area contributed by atoms with E-state index in [-0.39, 0.29) is 5.91 Å². The van der Waals surface area contributed by atoms with E-state index >= 15 is 0 Å². The summed E-state index contributed by atoms with van der Waals surface area (Å²) in [5.41, 5.74) is -0.719. The minimum atomic E-state index is -0.719. The van der Waals surface area contributed by atoms with Crippen molar-refractivity contribution >= 4 is 12.0 Å². The van der Waals surface area contributed by atoms with Crippen molar-refractivity contribution in [1.29, 1.82) is 0 Å². The summed E-state index contributed by atoms with van der Waals surface area (Å²) in [6.07, 6.45) is 4.40. The standard InChI is InChI=1S/C15H19NO3/c1-10-7-12(10)13-5-3-11(19-13)4-6-14(17)16-8-15(2,18)9-16/h3-6,10,12,18H,7-9H2,1-2H3. The van der Waals surface area contributed by atoms with Crippen molar-refractivity contribution in [3.63, 3.8) is 0 Å². The summed E-state index contributed by atoms with van der Waals surface area (Å²) < 4.78 is 5.69. The molecule has 1 aliphatic carbocycles. The van der Waals surface area contributed by atoms with Gasteiger partial charge in [0.1, 0.15) is 11.5 Å². The first kappa shape index (κ1) is 12.5. The normalized spacial score (nSPS) is 28.5. The van der Waals surface area contributed by atoms with Crippen LogP contribution in [0.4, 0.5) is 0 Å². The van der Waals surface area contributed by atoms with Gasteiger partial charge in [-0.25, -0.2) is 0 Å². The Bertz CT molecular complexity index is 521. The van der Waals surface area contributed by atoms with E-state index in [1.165, 1.54) is 12.5 Å². The minimum absolute atomic E-state index is 0.0794. The molecule has 1 aromatic rings. The lowest BCUT2D eigenvalue weighted by Gasteiger charge is -2.43. The fraction of sp³-hybridized carbons (Fsp3) is 0.533. The Morgan fingerprint density at radius 1 is 1.53 bits per heavy atom. The fourth-order valence-corrected chi connectivity index (χ4v) is 2.57. The second-order valence-electron chi connectivity index (χ2n) is 6.08. The molecular formula is C15H19NO3. The lowest BCUT2D eigenvalue weighted by Crippen LogP contribution is -2.61. The third kappa shape index (κ3) is 2.59. The number of hydrogen-bond acceptors (Lipinski definition) is 3. The van der Waals surface area contributed by atoms with Crippen LogP contribution in [0.1, 0.15) is 37.7 Å². The van der Waals surface area contributed by atoms with Gasteiger partial charge in [-0.15, -0.1) is 0 Å². The quantitative estimate of drug-likeness (QED) is 0.847. The maximum absolute atomic E-state index is 11.8. The molecule has 2 fully saturated rings. The van der Waals surface area contributed by atoms with Crippen molar-refractivity contribution < 1.29 is 14.3 Å². The number of rotatable bonds is 3. The molecule has 2 heterocycles. The smallest absolute Gasteiger partial charge is 0.246 e. The molecule has 2 atom stereocenters. The van der Waals surface area contributed by atoms with Crippen molar-refractivity contribution in [2.45, 2.75) is 31.8 Å². The largest absolute Gasteiger partial charge is 0.461 e. The molecule has 1 N–H and O–H groups in total. The van der Waals surface area contributed by atoms with Crippen LogP contribution in [0.3, 0.4) is 0 Å². The molecule has 4 heteroatoms. The number of aliphatic hydroxyl groups is 1. The first-order chi connectivity index (χ1) is 8.94. The average Bonchev–Trinajstić information content (AvgIpc) is 2.87. The third-order valence-electron chi connectivity index (χ3n) is 3.89. The number of β-amino-alcohol motifs (C(OH)–C–C–N with tert-alkyl or cyclic N) is 1. The fourth-order valence-electron chi connectivity index (χ4n) is 2.57. The molecular weight excluding hydrogens is 242 g/mol. The molecule has 1 amide bonds. The van der Waals surface area contributed by atoms with Crippen molar-refractivity contribution in [1.82, 2.24) is 4.90 Å². The number of furan rings is 1. The van der Waals surface area contributed by atoms with Gasteiger partial charge in [-0.05, 0) is 37.5 Å². The third-order valence-corrected chi connectivity index (χ3v) is 3.89. The first-order valence-electron chi connectivity index (χ1n) is 6.74. The molecule has 0 bridgehead atoms. The Morgan fingerprint density at radius 3 is 2.79 bits per heavy atom. The van der Waals surface area contributed by atoms with E-state index < -0.39 is 5.60 Å². The number of likely N-dealkylation sites (tertiary alicyclic amines) is 1. The monoisotopic (exact) mass is 261 g/mol. The molecule has 1 aromatic heterocycles. The molecule has 0 spiro atoms. The summed E-state index contributed by atoms with van der Waals surface area (Å²) in [6, 6.07) is 3.89. The predicted molar refractivity (Wildman–Crippen MR) is 71.5 cm³/mol. The van der Waals surface area contributed by atoms with Crippen LogP contribution in [-0.2, 0) is 4.79 Å². The Labute approximate surface area is 112 Å². The summed E-state index contributed by atoms with van der Waals surface area (Å²) in [7, 11) is 0. The summed E-state index contributed by atoms with van der Waals surface area (Å²) in [6.45, 7) is 4.75. The van der Waals surface area contributed by atoms with E-state index in [4.69, 9.17) is 4.42 Å². The molecule has 1 aliphatic heterocycles. The summed E-state index contributed by atoms with van der Waals surface area (Å²) >= 11 is 0. The number of carbonyl (C=O) groups is 1. The number of carbonyl (C=O) groups excluding carboxylic acids is 1. The first-order valence-corrected chi connectivity index (χ1v) is 6.74. The lowest BCUT2D eigenvalue weighted by atomic mass is 9.97. The van der Waals surface area contributed by atoms with Gasteiger partial charge in [0.2, 0.25) is 5.91 Å². The van der Waals surface area contributed by atoms with Crippen LogP contribution in [-0.4, -0.2) is 34.6 Å². The number of hydrogen-bond donors (Lipinski definition) is 1. The van der Waals surface area contributed by atoms with Gasteiger partial charge in [0.25, 0.3) is 0 Å². The van der Waals surface area contributed by atoms with Crippen LogP contribution in [0.25, 0.3) is 6.08 Å². The topological polar surface area (TPSA) is 53.7 Å². The summed E-state index contributed by atoms with van der Waals surface area (Å²) in [5.74, 6) is 2.93. The maximum Gasteiger partial charge on any atom is 0.246 e. The molecule has 4 nitrogen and oxygen atoms in total. The molecule has 19 heavy (non-hydrogen) atoms. The summed E-state index contributed by atoms with van der Waals surface area (Å²) in [4.78, 5) is 13.4. The van der Waals surface area contributed by atoms with Crippen molar-refractivity contribution in [2.75, 3.05) is 13.1 Å². The highest BCUT2D eigenvalue weighted by Gasteiger charge is 2.38. The van der Waals surface area contributed by atoms with E-state index in [2.05, 4.69) is 6.92 Å². The summed E-state index contributed by atoms with van der Waals surface area (Å²) in [5, 5.41) is 9.58.